The second-order valence-corrected chi connectivity index (χ2v) is 7.32. The third kappa shape index (κ3) is 4.06. The first-order valence-corrected chi connectivity index (χ1v) is 9.54. The van der Waals surface area contributed by atoms with Gasteiger partial charge in [0.15, 0.2) is 0 Å². The third-order valence-electron chi connectivity index (χ3n) is 5.64. The summed E-state index contributed by atoms with van der Waals surface area (Å²) in [6.07, 6.45) is 2.74. The molecule has 2 amide bonds. The first-order valence-electron chi connectivity index (χ1n) is 9.54. The van der Waals surface area contributed by atoms with Gasteiger partial charge in [0.1, 0.15) is 0 Å². The van der Waals surface area contributed by atoms with Crippen molar-refractivity contribution in [1.29, 1.82) is 5.26 Å². The number of nitrogens with one attached hydrogen (secondary N) is 1. The molecule has 1 unspecified atom stereocenters. The van der Waals surface area contributed by atoms with Crippen molar-refractivity contribution < 1.29 is 14.7 Å². The molecule has 2 N–H and O–H groups in total. The van der Waals surface area contributed by atoms with Crippen molar-refractivity contribution >= 4 is 17.7 Å². The topological polar surface area (TPSA) is 96.7 Å². The maximum Gasteiger partial charge on any atom is 0.324 e. The van der Waals surface area contributed by atoms with Crippen molar-refractivity contribution in [2.75, 3.05) is 31.1 Å². The largest absolute Gasteiger partial charge is 0.481 e. The summed E-state index contributed by atoms with van der Waals surface area (Å²) in [6, 6.07) is 11.8. The van der Waals surface area contributed by atoms with Crippen LogP contribution in [0.1, 0.15) is 32.1 Å². The summed E-state index contributed by atoms with van der Waals surface area (Å²) in [5, 5.41) is 22.1. The molecular weight excluding hydrogens is 344 g/mol. The highest BCUT2D eigenvalue weighted by Crippen LogP contribution is 2.40. The lowest BCUT2D eigenvalue weighted by Crippen LogP contribution is -2.51. The number of amides is 2. The molecule has 144 valence electrons. The number of carboxylic acids is 1. The van der Waals surface area contributed by atoms with Gasteiger partial charge in [0.2, 0.25) is 0 Å². The van der Waals surface area contributed by atoms with E-state index >= 15 is 0 Å². The first-order chi connectivity index (χ1) is 13.1. The highest BCUT2D eigenvalue weighted by Gasteiger charge is 2.51. The van der Waals surface area contributed by atoms with Gasteiger partial charge in [-0.25, -0.2) is 4.79 Å². The SMILES string of the molecule is N#CC1(C2CN(CCCCC(=O)O)C(=O)N2c2ccccc2)CCNCC1. The zero-order chi connectivity index (χ0) is 19.3. The molecule has 1 aromatic carbocycles. The Morgan fingerprint density at radius 3 is 2.59 bits per heavy atom. The number of rotatable bonds is 7. The molecule has 2 aliphatic rings. The minimum absolute atomic E-state index is 0.0883. The van der Waals surface area contributed by atoms with Gasteiger partial charge in [-0.3, -0.25) is 9.69 Å². The fraction of sp³-hybridized carbons (Fsp3) is 0.550. The maximum absolute atomic E-state index is 13.2. The number of anilines is 1. The van der Waals surface area contributed by atoms with Crippen molar-refractivity contribution in [3.05, 3.63) is 30.3 Å². The smallest absolute Gasteiger partial charge is 0.324 e. The Morgan fingerprint density at radius 2 is 1.96 bits per heavy atom. The van der Waals surface area contributed by atoms with Gasteiger partial charge in [0.25, 0.3) is 0 Å². The number of carboxylic acid groups (broad SMARTS) is 1. The number of hydrogen-bond acceptors (Lipinski definition) is 4. The second kappa shape index (κ2) is 8.40. The Labute approximate surface area is 159 Å². The molecule has 1 atom stereocenters. The van der Waals surface area contributed by atoms with E-state index < -0.39 is 11.4 Å². The monoisotopic (exact) mass is 370 g/mol. The number of benzene rings is 1. The van der Waals surface area contributed by atoms with Crippen LogP contribution < -0.4 is 10.2 Å². The molecule has 2 saturated heterocycles. The minimum Gasteiger partial charge on any atom is -0.481 e. The van der Waals surface area contributed by atoms with E-state index in [1.807, 2.05) is 30.3 Å². The third-order valence-corrected chi connectivity index (χ3v) is 5.64. The lowest BCUT2D eigenvalue weighted by atomic mass is 9.73. The highest BCUT2D eigenvalue weighted by atomic mass is 16.4. The zero-order valence-electron chi connectivity index (χ0n) is 15.4. The standard InChI is InChI=1S/C20H26N4O3/c21-15-20(9-11-22-12-10-20)17-14-23(13-5-4-8-18(25)26)19(27)24(17)16-6-2-1-3-7-16/h1-3,6-7,17,22H,4-5,8-14H2,(H,25,26). The average Bonchev–Trinajstić information content (AvgIpc) is 3.03. The Morgan fingerprint density at radius 1 is 1.26 bits per heavy atom. The van der Waals surface area contributed by atoms with Gasteiger partial charge in [0, 0.05) is 25.2 Å². The summed E-state index contributed by atoms with van der Waals surface area (Å²) < 4.78 is 0. The molecule has 0 spiro atoms. The summed E-state index contributed by atoms with van der Waals surface area (Å²) in [4.78, 5) is 27.4. The van der Waals surface area contributed by atoms with E-state index in [0.717, 1.165) is 31.6 Å². The Hall–Kier alpha value is -2.59. The summed E-state index contributed by atoms with van der Waals surface area (Å²) in [7, 11) is 0. The van der Waals surface area contributed by atoms with E-state index in [4.69, 9.17) is 5.11 Å². The van der Waals surface area contributed by atoms with E-state index in [-0.39, 0.29) is 18.5 Å². The molecule has 7 nitrogen and oxygen atoms in total. The molecular formula is C20H26N4O3. The van der Waals surface area contributed by atoms with Crippen molar-refractivity contribution in [3.63, 3.8) is 0 Å². The van der Waals surface area contributed by atoms with Crippen LogP contribution in [0, 0.1) is 16.7 Å². The van der Waals surface area contributed by atoms with Crippen LogP contribution in [0.5, 0.6) is 0 Å². The van der Waals surface area contributed by atoms with Crippen LogP contribution in [0.4, 0.5) is 10.5 Å². The molecule has 1 aromatic rings. The normalized spacial score (nSPS) is 21.9. The zero-order valence-corrected chi connectivity index (χ0v) is 15.4. The summed E-state index contributed by atoms with van der Waals surface area (Å²) in [6.45, 7) is 2.58. The van der Waals surface area contributed by atoms with Crippen LogP contribution in [0.3, 0.4) is 0 Å². The Bertz CT molecular complexity index is 710. The van der Waals surface area contributed by atoms with Crippen LogP contribution in [0.2, 0.25) is 0 Å². The number of nitrogens with zero attached hydrogens (tertiary/aromatic N) is 3. The van der Waals surface area contributed by atoms with Crippen LogP contribution in [-0.4, -0.2) is 54.2 Å². The summed E-state index contributed by atoms with van der Waals surface area (Å²) in [5.41, 5.74) is 0.251. The number of para-hydroxylation sites is 1. The molecule has 2 aliphatic heterocycles. The number of aliphatic carboxylic acids is 1. The fourth-order valence-corrected chi connectivity index (χ4v) is 4.11. The van der Waals surface area contributed by atoms with Gasteiger partial charge in [0.05, 0.1) is 17.5 Å². The van der Waals surface area contributed by atoms with Gasteiger partial charge in [-0.1, -0.05) is 18.2 Å². The second-order valence-electron chi connectivity index (χ2n) is 7.32. The number of urea groups is 1. The number of carbonyl (C=O) groups is 2. The van der Waals surface area contributed by atoms with Crippen molar-refractivity contribution in [1.82, 2.24) is 10.2 Å². The van der Waals surface area contributed by atoms with Gasteiger partial charge < -0.3 is 15.3 Å². The highest BCUT2D eigenvalue weighted by molar-refractivity contribution is 5.95. The number of unbranched alkanes of at least 4 members (excludes halogenated alkanes) is 1. The van der Waals surface area contributed by atoms with Crippen LogP contribution in [0.15, 0.2) is 30.3 Å². The van der Waals surface area contributed by atoms with Gasteiger partial charge in [-0.15, -0.1) is 0 Å². The first kappa shape index (κ1) is 19.2. The lowest BCUT2D eigenvalue weighted by Gasteiger charge is -2.39. The minimum atomic E-state index is -0.815. The van der Waals surface area contributed by atoms with Crippen LogP contribution in [-0.2, 0) is 4.79 Å². The Balaban J connectivity index is 1.82. The number of carbonyl (C=O) groups excluding carboxylic acids is 1. The van der Waals surface area contributed by atoms with Crippen molar-refractivity contribution in [2.24, 2.45) is 5.41 Å². The Kier molecular flexibility index (Phi) is 5.97. The fourth-order valence-electron chi connectivity index (χ4n) is 4.11. The summed E-state index contributed by atoms with van der Waals surface area (Å²) >= 11 is 0. The molecule has 0 radical (unpaired) electrons. The van der Waals surface area contributed by atoms with Crippen LogP contribution >= 0.6 is 0 Å². The maximum atomic E-state index is 13.2. The van der Waals surface area contributed by atoms with E-state index in [1.54, 1.807) is 9.80 Å². The van der Waals surface area contributed by atoms with Gasteiger partial charge in [-0.05, 0) is 50.9 Å². The van der Waals surface area contributed by atoms with Gasteiger partial charge >= 0.3 is 12.0 Å². The number of hydrogen-bond donors (Lipinski definition) is 2. The molecule has 0 aromatic heterocycles. The molecule has 0 saturated carbocycles. The number of nitriles is 1. The van der Waals surface area contributed by atoms with Crippen LogP contribution in [0.25, 0.3) is 0 Å². The van der Waals surface area contributed by atoms with E-state index in [9.17, 15) is 14.9 Å². The average molecular weight is 370 g/mol. The molecule has 7 heteroatoms. The van der Waals surface area contributed by atoms with Crippen molar-refractivity contribution in [3.8, 4) is 6.07 Å². The molecule has 2 heterocycles. The quantitative estimate of drug-likeness (QED) is 0.719. The molecule has 27 heavy (non-hydrogen) atoms. The molecule has 0 bridgehead atoms. The van der Waals surface area contributed by atoms with Crippen molar-refractivity contribution in [2.45, 2.75) is 38.1 Å². The molecule has 0 aliphatic carbocycles. The molecule has 2 fully saturated rings. The summed E-state index contributed by atoms with van der Waals surface area (Å²) in [5.74, 6) is -0.815. The van der Waals surface area contributed by atoms with E-state index in [2.05, 4.69) is 11.4 Å². The van der Waals surface area contributed by atoms with E-state index in [1.165, 1.54) is 0 Å². The predicted octanol–water partition coefficient (Wildman–Crippen LogP) is 2.45. The predicted molar refractivity (Wildman–Crippen MR) is 101 cm³/mol. The number of piperidine rings is 1. The lowest BCUT2D eigenvalue weighted by molar-refractivity contribution is -0.137. The van der Waals surface area contributed by atoms with E-state index in [0.29, 0.717) is 25.9 Å². The van der Waals surface area contributed by atoms with Gasteiger partial charge in [-0.2, -0.15) is 5.26 Å². The molecule has 3 rings (SSSR count).